The minimum absolute atomic E-state index is 0.168. The maximum Gasteiger partial charge on any atom is 0.384 e. The predicted octanol–water partition coefficient (Wildman–Crippen LogP) is 3.42. The van der Waals surface area contributed by atoms with Crippen LogP contribution >= 0.6 is 0 Å². The molecule has 0 saturated heterocycles. The van der Waals surface area contributed by atoms with Crippen molar-refractivity contribution in [3.8, 4) is 17.6 Å². The molecule has 0 saturated carbocycles. The monoisotopic (exact) mass is 417 g/mol. The molecular weight excluding hydrogens is 409 g/mol. The van der Waals surface area contributed by atoms with Gasteiger partial charge in [-0.1, -0.05) is 0 Å². The number of alkyl halides is 4. The second-order valence-electron chi connectivity index (χ2n) is 6.33. The highest BCUT2D eigenvalue weighted by molar-refractivity contribution is 7.93. The van der Waals surface area contributed by atoms with E-state index in [2.05, 4.69) is 0 Å². The summed E-state index contributed by atoms with van der Waals surface area (Å²) in [7, 11) is -5.47. The fourth-order valence-electron chi connectivity index (χ4n) is 3.52. The summed E-state index contributed by atoms with van der Waals surface area (Å²) >= 11 is 0. The molecule has 1 aliphatic carbocycles. The van der Waals surface area contributed by atoms with Gasteiger partial charge in [-0.2, -0.15) is 14.0 Å². The molecule has 2 aliphatic rings. The molecule has 1 N–H and O–H groups in total. The molecule has 0 bridgehead atoms. The number of ether oxygens (including phenoxy) is 1. The second kappa shape index (κ2) is 5.42. The van der Waals surface area contributed by atoms with E-state index in [1.54, 1.807) is 6.07 Å². The van der Waals surface area contributed by atoms with Gasteiger partial charge in [0.25, 0.3) is 0 Å². The lowest BCUT2D eigenvalue weighted by Gasteiger charge is -2.27. The summed E-state index contributed by atoms with van der Waals surface area (Å²) in [5.74, 6) is -1.82. The third kappa shape index (κ3) is 1.99. The molecule has 0 radical (unpaired) electrons. The summed E-state index contributed by atoms with van der Waals surface area (Å²) < 4.78 is 100. The Morgan fingerprint density at radius 2 is 1.86 bits per heavy atom. The molecule has 3 atom stereocenters. The van der Waals surface area contributed by atoms with Crippen LogP contribution in [0.4, 0.5) is 22.0 Å². The van der Waals surface area contributed by atoms with Crippen molar-refractivity contribution in [2.45, 2.75) is 28.1 Å². The van der Waals surface area contributed by atoms with Gasteiger partial charge in [0.2, 0.25) is 15.4 Å². The highest BCUT2D eigenvalue weighted by Crippen LogP contribution is 2.65. The molecule has 0 spiro atoms. The molecule has 0 aromatic heterocycles. The first-order chi connectivity index (χ1) is 13.0. The largest absolute Gasteiger partial charge is 0.457 e. The Morgan fingerprint density at radius 1 is 1.18 bits per heavy atom. The number of hydrogen-bond donors (Lipinski definition) is 1. The molecule has 5 nitrogen and oxygen atoms in total. The Morgan fingerprint density at radius 3 is 2.50 bits per heavy atom. The maximum atomic E-state index is 14.5. The quantitative estimate of drug-likeness (QED) is 0.757. The lowest BCUT2D eigenvalue weighted by atomic mass is 9.95. The third-order valence-corrected chi connectivity index (χ3v) is 6.68. The molecule has 0 amide bonds. The van der Waals surface area contributed by atoms with E-state index in [0.29, 0.717) is 6.07 Å². The molecule has 28 heavy (non-hydrogen) atoms. The van der Waals surface area contributed by atoms with E-state index in [0.717, 1.165) is 24.3 Å². The van der Waals surface area contributed by atoms with Crippen molar-refractivity contribution in [2.24, 2.45) is 0 Å². The standard InChI is InChI=1S/C17H8F5NO4S/c18-8-3-7(6-23)4-9(5-8)27-10-1-2-11-13-12(10)14(19)15(20)16(13,24)17(21,22)28(11,25)26/h1-5,14-15,24H/t14-,15-,16+/m1/s1. The van der Waals surface area contributed by atoms with E-state index in [1.165, 1.54) is 0 Å². The fraction of sp³-hybridized carbons (Fsp3) is 0.235. The zero-order chi connectivity index (χ0) is 20.6. The lowest BCUT2D eigenvalue weighted by molar-refractivity contribution is -0.170. The number of hydrogen-bond acceptors (Lipinski definition) is 5. The number of sulfone groups is 1. The van der Waals surface area contributed by atoms with Crippen molar-refractivity contribution in [1.82, 2.24) is 0 Å². The zero-order valence-electron chi connectivity index (χ0n) is 13.5. The SMILES string of the molecule is N#Cc1cc(F)cc(Oc2ccc3c4c2[C@@H](F)[C@@H](F)[C@]4(O)C(F)(F)S3(=O)=O)c1. The Labute approximate surface area is 154 Å². The lowest BCUT2D eigenvalue weighted by Crippen LogP contribution is -2.50. The average molecular weight is 417 g/mol. The van der Waals surface area contributed by atoms with Gasteiger partial charge in [-0.25, -0.2) is 21.6 Å². The summed E-state index contributed by atoms with van der Waals surface area (Å²) in [5, 5.41) is 14.1. The molecule has 1 aliphatic heterocycles. The van der Waals surface area contributed by atoms with Crippen LogP contribution in [0.3, 0.4) is 0 Å². The molecule has 4 rings (SSSR count). The number of benzene rings is 2. The molecule has 2 aromatic rings. The van der Waals surface area contributed by atoms with Crippen LogP contribution < -0.4 is 4.74 Å². The zero-order valence-corrected chi connectivity index (χ0v) is 14.3. The fourth-order valence-corrected chi connectivity index (χ4v) is 5.20. The Bertz CT molecular complexity index is 1180. The van der Waals surface area contributed by atoms with Crippen molar-refractivity contribution < 1.29 is 40.2 Å². The van der Waals surface area contributed by atoms with Gasteiger partial charge in [-0.15, -0.1) is 0 Å². The number of aliphatic hydroxyl groups is 1. The van der Waals surface area contributed by atoms with Crippen LogP contribution in [0, 0.1) is 17.1 Å². The molecule has 146 valence electrons. The Balaban J connectivity index is 1.95. The molecule has 1 heterocycles. The summed E-state index contributed by atoms with van der Waals surface area (Å²) in [6.07, 6.45) is -6.10. The molecular formula is C17H8F5NO4S. The van der Waals surface area contributed by atoms with E-state index < -0.39 is 60.6 Å². The first-order valence-corrected chi connectivity index (χ1v) is 9.14. The van der Waals surface area contributed by atoms with Gasteiger partial charge in [0.05, 0.1) is 16.5 Å². The molecule has 2 aromatic carbocycles. The van der Waals surface area contributed by atoms with Crippen LogP contribution in [0.1, 0.15) is 22.9 Å². The van der Waals surface area contributed by atoms with Crippen LogP contribution in [0.15, 0.2) is 35.2 Å². The van der Waals surface area contributed by atoms with Crippen molar-refractivity contribution >= 4 is 9.84 Å². The molecule has 11 heteroatoms. The van der Waals surface area contributed by atoms with Gasteiger partial charge in [0.15, 0.2) is 12.3 Å². The van der Waals surface area contributed by atoms with Crippen molar-refractivity contribution in [2.75, 3.05) is 0 Å². The van der Waals surface area contributed by atoms with E-state index in [9.17, 15) is 35.5 Å². The maximum absolute atomic E-state index is 14.5. The normalized spacial score (nSPS) is 28.6. The third-order valence-electron chi connectivity index (χ3n) is 4.78. The number of nitrogens with zero attached hydrogens (tertiary/aromatic N) is 1. The van der Waals surface area contributed by atoms with E-state index in [1.807, 2.05) is 0 Å². The highest BCUT2D eigenvalue weighted by Gasteiger charge is 2.78. The second-order valence-corrected chi connectivity index (χ2v) is 8.29. The topological polar surface area (TPSA) is 87.4 Å². The predicted molar refractivity (Wildman–Crippen MR) is 82.4 cm³/mol. The van der Waals surface area contributed by atoms with E-state index >= 15 is 0 Å². The first kappa shape index (κ1) is 18.6. The van der Waals surface area contributed by atoms with Crippen molar-refractivity contribution in [3.05, 3.63) is 52.8 Å². The number of rotatable bonds is 2. The Kier molecular flexibility index (Phi) is 3.61. The van der Waals surface area contributed by atoms with Crippen LogP contribution in [-0.4, -0.2) is 25.0 Å². The number of halogens is 5. The summed E-state index contributed by atoms with van der Waals surface area (Å²) in [6, 6.07) is 5.79. The molecule has 0 unspecified atom stereocenters. The summed E-state index contributed by atoms with van der Waals surface area (Å²) in [5.41, 5.74) is -6.11. The minimum atomic E-state index is -5.47. The average Bonchev–Trinajstić information content (AvgIpc) is 2.90. The van der Waals surface area contributed by atoms with Gasteiger partial charge in [-0.05, 0) is 24.3 Å². The van der Waals surface area contributed by atoms with Gasteiger partial charge in [0.1, 0.15) is 17.3 Å². The minimum Gasteiger partial charge on any atom is -0.457 e. The summed E-state index contributed by atoms with van der Waals surface area (Å²) in [4.78, 5) is -1.11. The van der Waals surface area contributed by atoms with Gasteiger partial charge in [0, 0.05) is 17.2 Å². The van der Waals surface area contributed by atoms with E-state index in [-0.39, 0.29) is 11.3 Å². The van der Waals surface area contributed by atoms with Gasteiger partial charge >= 0.3 is 5.25 Å². The van der Waals surface area contributed by atoms with E-state index in [4.69, 9.17) is 10.00 Å². The van der Waals surface area contributed by atoms with Crippen molar-refractivity contribution in [1.29, 1.82) is 5.26 Å². The Hall–Kier alpha value is -2.71. The van der Waals surface area contributed by atoms with Crippen LogP contribution in [-0.2, 0) is 15.4 Å². The molecule has 0 fully saturated rings. The van der Waals surface area contributed by atoms with Gasteiger partial charge < -0.3 is 9.84 Å². The van der Waals surface area contributed by atoms with Crippen LogP contribution in [0.2, 0.25) is 0 Å². The highest BCUT2D eigenvalue weighted by atomic mass is 32.2. The van der Waals surface area contributed by atoms with Crippen LogP contribution in [0.25, 0.3) is 0 Å². The van der Waals surface area contributed by atoms with Gasteiger partial charge in [-0.3, -0.25) is 0 Å². The summed E-state index contributed by atoms with van der Waals surface area (Å²) in [6.45, 7) is 0. The van der Waals surface area contributed by atoms with Crippen LogP contribution in [0.5, 0.6) is 11.5 Å². The van der Waals surface area contributed by atoms with Crippen molar-refractivity contribution in [3.63, 3.8) is 0 Å². The smallest absolute Gasteiger partial charge is 0.384 e. The first-order valence-electron chi connectivity index (χ1n) is 7.65. The number of nitriles is 1.